The molecule has 2 nitrogen and oxygen atoms in total. The molecular formula is C41H26N2S. The topological polar surface area (TPSA) is 16.1 Å². The van der Waals surface area contributed by atoms with E-state index < -0.39 is 0 Å². The molecule has 9 aromatic rings. The molecule has 9 rings (SSSR count). The van der Waals surface area contributed by atoms with Gasteiger partial charge in [0.1, 0.15) is 0 Å². The average Bonchev–Trinajstić information content (AvgIpc) is 3.47. The predicted octanol–water partition coefficient (Wildman–Crippen LogP) is 12.0. The third kappa shape index (κ3) is 4.05. The summed E-state index contributed by atoms with van der Waals surface area (Å²) < 4.78 is 2.48. The average molecular weight is 579 g/mol. The molecule has 0 aliphatic rings. The molecule has 0 spiro atoms. The van der Waals surface area contributed by atoms with E-state index in [9.17, 15) is 0 Å². The lowest BCUT2D eigenvalue weighted by atomic mass is 9.96. The van der Waals surface area contributed by atoms with Crippen molar-refractivity contribution in [1.29, 1.82) is 0 Å². The third-order valence-electron chi connectivity index (χ3n) is 8.73. The maximum absolute atomic E-state index is 4.37. The molecule has 0 saturated carbocycles. The number of hydrogen-bond donors (Lipinski definition) is 0. The number of fused-ring (bicyclic) bond motifs is 8. The molecule has 0 aliphatic carbocycles. The van der Waals surface area contributed by atoms with Crippen LogP contribution in [0.3, 0.4) is 0 Å². The summed E-state index contributed by atoms with van der Waals surface area (Å²) in [4.78, 5) is 6.75. The van der Waals surface area contributed by atoms with Gasteiger partial charge in [-0.2, -0.15) is 0 Å². The molecule has 0 saturated heterocycles. The largest absolute Gasteiger partial charge is 0.310 e. The summed E-state index contributed by atoms with van der Waals surface area (Å²) in [5.74, 6) is 0. The Hall–Kier alpha value is -5.51. The van der Waals surface area contributed by atoms with Crippen molar-refractivity contribution in [2.24, 2.45) is 0 Å². The molecule has 7 aromatic carbocycles. The fourth-order valence-electron chi connectivity index (χ4n) is 6.58. The molecule has 3 heteroatoms. The fourth-order valence-corrected chi connectivity index (χ4v) is 7.64. The second-order valence-corrected chi connectivity index (χ2v) is 12.3. The van der Waals surface area contributed by atoms with Crippen LogP contribution in [0.2, 0.25) is 0 Å². The molecule has 0 unspecified atom stereocenters. The summed E-state index contributed by atoms with van der Waals surface area (Å²) in [6, 6.07) is 53.0. The molecule has 0 amide bonds. The van der Waals surface area contributed by atoms with E-state index in [1.807, 2.05) is 12.4 Å². The van der Waals surface area contributed by atoms with Crippen molar-refractivity contribution in [1.82, 2.24) is 4.98 Å². The van der Waals surface area contributed by atoms with Crippen LogP contribution in [0.15, 0.2) is 158 Å². The molecule has 2 aromatic heterocycles. The van der Waals surface area contributed by atoms with Gasteiger partial charge in [0.15, 0.2) is 0 Å². The standard InChI is InChI=1S/C41H26N2S/c1-2-6-27(7-3-1)28-10-15-31(16-11-28)43(33-18-21-40-39(25-33)37-22-23-42-26-41(37)44-40)32-17-12-30-14-19-35-34-9-5-4-8-29(34)13-20-36(35)38(30)24-32/h1-26H. The molecule has 0 atom stereocenters. The Morgan fingerprint density at radius 3 is 1.89 bits per heavy atom. The Balaban J connectivity index is 1.26. The van der Waals surface area contributed by atoms with Crippen molar-refractivity contribution in [2.45, 2.75) is 0 Å². The first kappa shape index (κ1) is 25.0. The lowest BCUT2D eigenvalue weighted by molar-refractivity contribution is 1.30. The number of thiophene rings is 1. The van der Waals surface area contributed by atoms with E-state index in [-0.39, 0.29) is 0 Å². The van der Waals surface area contributed by atoms with Crippen LogP contribution in [0.4, 0.5) is 17.1 Å². The Morgan fingerprint density at radius 2 is 1.05 bits per heavy atom. The molecule has 0 bridgehead atoms. The Labute approximate surface area is 259 Å². The number of anilines is 3. The zero-order valence-corrected chi connectivity index (χ0v) is 24.6. The van der Waals surface area contributed by atoms with Crippen LogP contribution < -0.4 is 4.90 Å². The van der Waals surface area contributed by atoms with E-state index in [2.05, 4.69) is 155 Å². The first-order chi connectivity index (χ1) is 21.8. The molecule has 0 aliphatic heterocycles. The van der Waals surface area contributed by atoms with Crippen LogP contribution in [0.25, 0.3) is 63.6 Å². The first-order valence-corrected chi connectivity index (χ1v) is 15.7. The Kier molecular flexibility index (Phi) is 5.71. The van der Waals surface area contributed by atoms with Crippen molar-refractivity contribution in [3.63, 3.8) is 0 Å². The predicted molar refractivity (Wildman–Crippen MR) is 190 cm³/mol. The second-order valence-electron chi connectivity index (χ2n) is 11.3. The van der Waals surface area contributed by atoms with Gasteiger partial charge in [0.2, 0.25) is 0 Å². The zero-order chi connectivity index (χ0) is 29.0. The number of rotatable bonds is 4. The van der Waals surface area contributed by atoms with Crippen molar-refractivity contribution in [3.8, 4) is 11.1 Å². The summed E-state index contributed by atoms with van der Waals surface area (Å²) in [7, 11) is 0. The van der Waals surface area contributed by atoms with E-state index in [0.29, 0.717) is 0 Å². The highest BCUT2D eigenvalue weighted by Crippen LogP contribution is 2.42. The fraction of sp³-hybridized carbons (Fsp3) is 0. The van der Waals surface area contributed by atoms with Crippen molar-refractivity contribution < 1.29 is 0 Å². The number of aromatic nitrogens is 1. The number of nitrogens with zero attached hydrogens (tertiary/aromatic N) is 2. The van der Waals surface area contributed by atoms with Crippen LogP contribution in [-0.4, -0.2) is 4.98 Å². The minimum Gasteiger partial charge on any atom is -0.310 e. The molecule has 2 heterocycles. The minimum atomic E-state index is 1.12. The smallest absolute Gasteiger partial charge is 0.0538 e. The van der Waals surface area contributed by atoms with Crippen molar-refractivity contribution in [3.05, 3.63) is 158 Å². The van der Waals surface area contributed by atoms with Gasteiger partial charge in [-0.1, -0.05) is 97.1 Å². The molecule has 0 radical (unpaired) electrons. The Bertz CT molecular complexity index is 2490. The quantitative estimate of drug-likeness (QED) is 0.193. The second kappa shape index (κ2) is 10.0. The van der Waals surface area contributed by atoms with Crippen LogP contribution in [-0.2, 0) is 0 Å². The van der Waals surface area contributed by atoms with Gasteiger partial charge in [-0.05, 0) is 92.0 Å². The van der Waals surface area contributed by atoms with Crippen LogP contribution in [0, 0.1) is 0 Å². The van der Waals surface area contributed by atoms with Crippen molar-refractivity contribution in [2.75, 3.05) is 4.90 Å². The summed E-state index contributed by atoms with van der Waals surface area (Å²) in [5.41, 5.74) is 5.81. The van der Waals surface area contributed by atoms with Gasteiger partial charge in [0.05, 0.1) is 4.70 Å². The van der Waals surface area contributed by atoms with Crippen LogP contribution in [0.1, 0.15) is 0 Å². The third-order valence-corrected chi connectivity index (χ3v) is 9.86. The first-order valence-electron chi connectivity index (χ1n) is 14.9. The van der Waals surface area contributed by atoms with E-state index in [1.165, 1.54) is 63.6 Å². The summed E-state index contributed by atoms with van der Waals surface area (Å²) >= 11 is 1.80. The number of benzene rings is 7. The summed E-state index contributed by atoms with van der Waals surface area (Å²) in [5, 5.41) is 10.1. The zero-order valence-electron chi connectivity index (χ0n) is 23.8. The maximum atomic E-state index is 4.37. The lowest BCUT2D eigenvalue weighted by Gasteiger charge is -2.26. The molecule has 0 fully saturated rings. The minimum absolute atomic E-state index is 1.12. The van der Waals surface area contributed by atoms with E-state index in [1.54, 1.807) is 11.3 Å². The van der Waals surface area contributed by atoms with Gasteiger partial charge in [0.25, 0.3) is 0 Å². The van der Waals surface area contributed by atoms with E-state index in [4.69, 9.17) is 0 Å². The van der Waals surface area contributed by atoms with E-state index in [0.717, 1.165) is 17.1 Å². The highest BCUT2D eigenvalue weighted by Gasteiger charge is 2.16. The lowest BCUT2D eigenvalue weighted by Crippen LogP contribution is -2.09. The van der Waals surface area contributed by atoms with Gasteiger partial charge in [0, 0.05) is 44.9 Å². The van der Waals surface area contributed by atoms with Crippen LogP contribution in [0.5, 0.6) is 0 Å². The van der Waals surface area contributed by atoms with Gasteiger partial charge >= 0.3 is 0 Å². The van der Waals surface area contributed by atoms with Gasteiger partial charge in [-0.3, -0.25) is 4.98 Å². The molecule has 0 N–H and O–H groups in total. The summed E-state index contributed by atoms with van der Waals surface area (Å²) in [6.45, 7) is 0. The highest BCUT2D eigenvalue weighted by atomic mass is 32.1. The maximum Gasteiger partial charge on any atom is 0.0538 e. The van der Waals surface area contributed by atoms with Crippen LogP contribution >= 0.6 is 11.3 Å². The monoisotopic (exact) mass is 578 g/mol. The normalized spacial score (nSPS) is 11.6. The SMILES string of the molecule is c1ccc(-c2ccc(N(c3ccc4ccc5c6ccccc6ccc5c4c3)c3ccc4sc5cnccc5c4c3)cc2)cc1. The van der Waals surface area contributed by atoms with E-state index >= 15 is 0 Å². The molecule has 44 heavy (non-hydrogen) atoms. The van der Waals surface area contributed by atoms with Gasteiger partial charge in [-0.25, -0.2) is 0 Å². The molecular weight excluding hydrogens is 553 g/mol. The highest BCUT2D eigenvalue weighted by molar-refractivity contribution is 7.25. The van der Waals surface area contributed by atoms with Gasteiger partial charge < -0.3 is 4.90 Å². The van der Waals surface area contributed by atoms with Gasteiger partial charge in [-0.15, -0.1) is 11.3 Å². The summed E-state index contributed by atoms with van der Waals surface area (Å²) in [6.07, 6.45) is 3.86. The number of hydrogen-bond acceptors (Lipinski definition) is 3. The number of pyridine rings is 1. The van der Waals surface area contributed by atoms with Crippen molar-refractivity contribution >= 4 is 80.9 Å². The Morgan fingerprint density at radius 1 is 0.409 bits per heavy atom. The molecule has 206 valence electrons.